The van der Waals surface area contributed by atoms with Crippen molar-refractivity contribution in [3.63, 3.8) is 0 Å². The van der Waals surface area contributed by atoms with Crippen LogP contribution in [0.25, 0.3) is 0 Å². The van der Waals surface area contributed by atoms with Crippen molar-refractivity contribution in [1.29, 1.82) is 5.41 Å². The Morgan fingerprint density at radius 3 is 1.50 bits per heavy atom. The van der Waals surface area contributed by atoms with Gasteiger partial charge in [0.15, 0.2) is 5.96 Å². The lowest BCUT2D eigenvalue weighted by molar-refractivity contribution is -0.118. The summed E-state index contributed by atoms with van der Waals surface area (Å²) in [6.07, 6.45) is 12.1. The Hall–Kier alpha value is -1.26. The van der Waals surface area contributed by atoms with E-state index in [1.165, 1.54) is 44.9 Å². The second-order valence-corrected chi connectivity index (χ2v) is 4.50. The van der Waals surface area contributed by atoms with E-state index < -0.39 is 0 Å². The molecular weight excluding hydrogens is 228 g/mol. The van der Waals surface area contributed by atoms with Crippen LogP contribution in [0.15, 0.2) is 0 Å². The van der Waals surface area contributed by atoms with E-state index in [0.29, 0.717) is 6.42 Å². The summed E-state index contributed by atoms with van der Waals surface area (Å²) < 4.78 is 0. The molecule has 108 valence electrons. The zero-order valence-electron chi connectivity index (χ0n) is 11.7. The highest BCUT2D eigenvalue weighted by Gasteiger charge is 1.94. The lowest BCUT2D eigenvalue weighted by atomic mass is 10.1. The molecule has 0 aromatic heterocycles. The zero-order chi connectivity index (χ0) is 14.2. The molecule has 1 amide bonds. The first kappa shape index (κ1) is 19.1. The highest BCUT2D eigenvalue weighted by atomic mass is 16.1. The van der Waals surface area contributed by atoms with Crippen molar-refractivity contribution in [2.24, 2.45) is 17.2 Å². The number of unbranched alkanes of at least 4 members (excludes halogenated alkanes) is 8. The first-order valence-electron chi connectivity index (χ1n) is 6.88. The number of guanidine groups is 1. The maximum Gasteiger partial charge on any atom is 0.217 e. The maximum atomic E-state index is 10.4. The quantitative estimate of drug-likeness (QED) is 0.273. The third kappa shape index (κ3) is 29.3. The summed E-state index contributed by atoms with van der Waals surface area (Å²) in [7, 11) is 0. The molecule has 0 atom stereocenters. The van der Waals surface area contributed by atoms with E-state index in [2.05, 4.69) is 18.4 Å². The van der Waals surface area contributed by atoms with Gasteiger partial charge in [0.2, 0.25) is 5.91 Å². The molecule has 0 bridgehead atoms. The molecule has 0 fully saturated rings. The number of hydrogen-bond donors (Lipinski definition) is 4. The van der Waals surface area contributed by atoms with Gasteiger partial charge in [0, 0.05) is 6.42 Å². The van der Waals surface area contributed by atoms with Gasteiger partial charge in [-0.25, -0.2) is 0 Å². The van der Waals surface area contributed by atoms with Crippen LogP contribution in [-0.2, 0) is 4.79 Å². The van der Waals surface area contributed by atoms with Crippen molar-refractivity contribution < 1.29 is 4.79 Å². The predicted molar refractivity (Wildman–Crippen MR) is 77.1 cm³/mol. The molecule has 0 unspecified atom stereocenters. The average molecular weight is 258 g/mol. The Morgan fingerprint density at radius 2 is 1.17 bits per heavy atom. The summed E-state index contributed by atoms with van der Waals surface area (Å²) >= 11 is 0. The number of nitrogens with one attached hydrogen (secondary N) is 1. The normalized spacial score (nSPS) is 9.39. The minimum Gasteiger partial charge on any atom is -0.370 e. The van der Waals surface area contributed by atoms with Gasteiger partial charge in [0.05, 0.1) is 0 Å². The number of amides is 1. The molecule has 0 aromatic carbocycles. The standard InChI is InChI=1S/C12H25NO.CH5N3/c1-2-3-4-5-6-7-8-9-10-11-12(13)14;2-1(3)4/h2-11H2,1H3,(H2,13,14);(H5,2,3,4). The van der Waals surface area contributed by atoms with E-state index in [-0.39, 0.29) is 11.9 Å². The van der Waals surface area contributed by atoms with E-state index in [4.69, 9.17) is 11.1 Å². The lowest BCUT2D eigenvalue weighted by Crippen LogP contribution is -2.20. The Balaban J connectivity index is 0. The molecule has 0 aliphatic heterocycles. The Morgan fingerprint density at radius 1 is 0.833 bits per heavy atom. The monoisotopic (exact) mass is 258 g/mol. The van der Waals surface area contributed by atoms with Crippen LogP contribution in [0.2, 0.25) is 0 Å². The zero-order valence-corrected chi connectivity index (χ0v) is 11.7. The number of carbonyl (C=O) groups excluding carboxylic acids is 1. The molecule has 0 spiro atoms. The van der Waals surface area contributed by atoms with Crippen LogP contribution in [0.1, 0.15) is 71.1 Å². The van der Waals surface area contributed by atoms with E-state index in [9.17, 15) is 4.79 Å². The summed E-state index contributed by atoms with van der Waals surface area (Å²) in [6.45, 7) is 2.24. The summed E-state index contributed by atoms with van der Waals surface area (Å²) in [5.41, 5.74) is 14.0. The summed E-state index contributed by atoms with van der Waals surface area (Å²) in [6, 6.07) is 0. The van der Waals surface area contributed by atoms with Gasteiger partial charge in [-0.05, 0) is 6.42 Å². The van der Waals surface area contributed by atoms with Crippen LogP contribution in [-0.4, -0.2) is 11.9 Å². The number of hydrogen-bond acceptors (Lipinski definition) is 2. The van der Waals surface area contributed by atoms with Crippen LogP contribution < -0.4 is 17.2 Å². The van der Waals surface area contributed by atoms with Crippen LogP contribution in [0.3, 0.4) is 0 Å². The number of primary amides is 1. The minimum absolute atomic E-state index is 0.159. The molecule has 0 rings (SSSR count). The van der Waals surface area contributed by atoms with E-state index in [0.717, 1.165) is 12.8 Å². The molecule has 7 N–H and O–H groups in total. The van der Waals surface area contributed by atoms with Crippen molar-refractivity contribution in [2.45, 2.75) is 71.1 Å². The van der Waals surface area contributed by atoms with Crippen molar-refractivity contribution in [3.8, 4) is 0 Å². The lowest BCUT2D eigenvalue weighted by Gasteiger charge is -2.00. The highest BCUT2D eigenvalue weighted by molar-refractivity contribution is 5.73. The summed E-state index contributed by atoms with van der Waals surface area (Å²) in [5.74, 6) is -0.493. The molecule has 0 aliphatic carbocycles. The van der Waals surface area contributed by atoms with Gasteiger partial charge in [-0.1, -0.05) is 58.3 Å². The molecule has 0 aromatic rings. The largest absolute Gasteiger partial charge is 0.370 e. The van der Waals surface area contributed by atoms with Gasteiger partial charge in [-0.15, -0.1) is 0 Å². The van der Waals surface area contributed by atoms with Gasteiger partial charge in [-0.3, -0.25) is 10.2 Å². The van der Waals surface area contributed by atoms with Gasteiger partial charge in [-0.2, -0.15) is 0 Å². The number of nitrogens with two attached hydrogens (primary N) is 3. The third-order valence-electron chi connectivity index (χ3n) is 2.53. The fourth-order valence-electron chi connectivity index (χ4n) is 1.61. The molecule has 0 radical (unpaired) electrons. The minimum atomic E-state index is -0.333. The molecule has 18 heavy (non-hydrogen) atoms. The Labute approximate surface area is 111 Å². The van der Waals surface area contributed by atoms with Gasteiger partial charge < -0.3 is 17.2 Å². The third-order valence-corrected chi connectivity index (χ3v) is 2.53. The highest BCUT2D eigenvalue weighted by Crippen LogP contribution is 2.10. The molecular formula is C13H30N4O. The Kier molecular flexibility index (Phi) is 16.7. The smallest absolute Gasteiger partial charge is 0.217 e. The van der Waals surface area contributed by atoms with Crippen molar-refractivity contribution >= 4 is 11.9 Å². The molecule has 0 saturated heterocycles. The average Bonchev–Trinajstić information content (AvgIpc) is 2.26. The molecule has 5 heteroatoms. The topological polar surface area (TPSA) is 119 Å². The summed E-state index contributed by atoms with van der Waals surface area (Å²) in [5, 5.41) is 6.06. The van der Waals surface area contributed by atoms with Crippen LogP contribution in [0.4, 0.5) is 0 Å². The SMILES string of the molecule is CCCCCCCCCCCC(N)=O.N=C(N)N. The first-order valence-corrected chi connectivity index (χ1v) is 6.88. The van der Waals surface area contributed by atoms with E-state index >= 15 is 0 Å². The van der Waals surface area contributed by atoms with Crippen molar-refractivity contribution in [2.75, 3.05) is 0 Å². The van der Waals surface area contributed by atoms with Gasteiger partial charge in [0.1, 0.15) is 0 Å². The maximum absolute atomic E-state index is 10.4. The number of rotatable bonds is 10. The molecule has 0 heterocycles. The predicted octanol–water partition coefficient (Wildman–Crippen LogP) is 2.23. The summed E-state index contributed by atoms with van der Waals surface area (Å²) in [4.78, 5) is 10.4. The van der Waals surface area contributed by atoms with Crippen LogP contribution in [0.5, 0.6) is 0 Å². The fourth-order valence-corrected chi connectivity index (χ4v) is 1.61. The van der Waals surface area contributed by atoms with Gasteiger partial charge >= 0.3 is 0 Å². The Bertz CT molecular complexity index is 203. The van der Waals surface area contributed by atoms with Crippen LogP contribution >= 0.6 is 0 Å². The fraction of sp³-hybridized carbons (Fsp3) is 0.846. The molecule has 0 aliphatic rings. The van der Waals surface area contributed by atoms with Gasteiger partial charge in [0.25, 0.3) is 0 Å². The van der Waals surface area contributed by atoms with E-state index in [1.807, 2.05) is 0 Å². The van der Waals surface area contributed by atoms with Crippen molar-refractivity contribution in [3.05, 3.63) is 0 Å². The van der Waals surface area contributed by atoms with Crippen molar-refractivity contribution in [1.82, 2.24) is 0 Å². The second-order valence-electron chi connectivity index (χ2n) is 4.50. The first-order chi connectivity index (χ1) is 8.50. The van der Waals surface area contributed by atoms with Crippen LogP contribution in [0, 0.1) is 5.41 Å². The molecule has 0 saturated carbocycles. The van der Waals surface area contributed by atoms with E-state index in [1.54, 1.807) is 0 Å². The second kappa shape index (κ2) is 15.7. The number of carbonyl (C=O) groups is 1. The molecule has 5 nitrogen and oxygen atoms in total.